The van der Waals surface area contributed by atoms with Crippen LogP contribution in [-0.4, -0.2) is 12.4 Å². The van der Waals surface area contributed by atoms with E-state index >= 15 is 0 Å². The molecule has 0 heterocycles. The zero-order valence-electron chi connectivity index (χ0n) is 13.6. The molecule has 23 heavy (non-hydrogen) atoms. The molecule has 0 aliphatic carbocycles. The third-order valence-electron chi connectivity index (χ3n) is 3.65. The van der Waals surface area contributed by atoms with E-state index in [0.29, 0.717) is 19.0 Å². The molecule has 0 atom stereocenters. The van der Waals surface area contributed by atoms with Crippen molar-refractivity contribution in [2.75, 3.05) is 6.61 Å². The molecule has 0 amide bonds. The van der Waals surface area contributed by atoms with Gasteiger partial charge >= 0.3 is 0 Å². The fourth-order valence-corrected chi connectivity index (χ4v) is 1.86. The fourth-order valence-electron chi connectivity index (χ4n) is 1.86. The van der Waals surface area contributed by atoms with E-state index in [1.54, 1.807) is 31.2 Å². The summed E-state index contributed by atoms with van der Waals surface area (Å²) in [5.41, 5.74) is 0.264. The first-order chi connectivity index (χ1) is 10.9. The van der Waals surface area contributed by atoms with Crippen molar-refractivity contribution in [3.8, 4) is 11.5 Å². The number of ketones is 1. The van der Waals surface area contributed by atoms with E-state index in [1.165, 1.54) is 6.07 Å². The Morgan fingerprint density at radius 1 is 1.13 bits per heavy atom. The molecule has 122 valence electrons. The SMILES string of the molecule is CC(=O)C(C)(C)COCc1ccc(F)c(Oc2ccccc2)c1. The first-order valence-electron chi connectivity index (χ1n) is 7.48. The molecule has 0 aliphatic rings. The van der Waals surface area contributed by atoms with Gasteiger partial charge in [0, 0.05) is 5.41 Å². The van der Waals surface area contributed by atoms with Gasteiger partial charge in [0.25, 0.3) is 0 Å². The molecule has 0 aromatic heterocycles. The minimum absolute atomic E-state index is 0.0738. The Morgan fingerprint density at radius 3 is 2.48 bits per heavy atom. The van der Waals surface area contributed by atoms with E-state index in [0.717, 1.165) is 5.56 Å². The summed E-state index contributed by atoms with van der Waals surface area (Å²) in [6, 6.07) is 13.7. The molecule has 0 saturated heterocycles. The van der Waals surface area contributed by atoms with Crippen LogP contribution in [0.5, 0.6) is 11.5 Å². The predicted octanol–water partition coefficient (Wildman–Crippen LogP) is 4.75. The molecule has 2 aromatic rings. The van der Waals surface area contributed by atoms with Gasteiger partial charge < -0.3 is 9.47 Å². The van der Waals surface area contributed by atoms with E-state index in [-0.39, 0.29) is 11.5 Å². The highest BCUT2D eigenvalue weighted by atomic mass is 19.1. The highest BCUT2D eigenvalue weighted by Gasteiger charge is 2.23. The first kappa shape index (κ1) is 17.2. The Morgan fingerprint density at radius 2 is 1.83 bits per heavy atom. The van der Waals surface area contributed by atoms with Crippen LogP contribution in [0.2, 0.25) is 0 Å². The standard InChI is InChI=1S/C19H21FO3/c1-14(21)19(2,3)13-22-12-15-9-10-17(20)18(11-15)23-16-7-5-4-6-8-16/h4-11H,12-13H2,1-3H3. The average molecular weight is 316 g/mol. The minimum atomic E-state index is -0.524. The van der Waals surface area contributed by atoms with Gasteiger partial charge in [-0.25, -0.2) is 4.39 Å². The molecular weight excluding hydrogens is 295 g/mol. The lowest BCUT2D eigenvalue weighted by atomic mass is 9.90. The van der Waals surface area contributed by atoms with E-state index in [9.17, 15) is 9.18 Å². The lowest BCUT2D eigenvalue weighted by molar-refractivity contribution is -0.128. The van der Waals surface area contributed by atoms with Gasteiger partial charge in [0.1, 0.15) is 11.5 Å². The fraction of sp³-hybridized carbons (Fsp3) is 0.316. The van der Waals surface area contributed by atoms with Crippen LogP contribution >= 0.6 is 0 Å². The molecular formula is C19H21FO3. The smallest absolute Gasteiger partial charge is 0.165 e. The summed E-state index contributed by atoms with van der Waals surface area (Å²) in [7, 11) is 0. The van der Waals surface area contributed by atoms with Crippen molar-refractivity contribution in [3.05, 3.63) is 59.9 Å². The van der Waals surface area contributed by atoms with Crippen LogP contribution in [0, 0.1) is 11.2 Å². The summed E-state index contributed by atoms with van der Waals surface area (Å²) in [5.74, 6) is 0.372. The second kappa shape index (κ2) is 7.38. The quantitative estimate of drug-likeness (QED) is 0.739. The number of carbonyl (C=O) groups is 1. The van der Waals surface area contributed by atoms with Crippen LogP contribution in [0.4, 0.5) is 4.39 Å². The molecule has 2 rings (SSSR count). The number of halogens is 1. The van der Waals surface area contributed by atoms with E-state index in [2.05, 4.69) is 0 Å². The molecule has 4 heteroatoms. The number of Topliss-reactive ketones (excluding diaryl/α,β-unsaturated/α-hetero) is 1. The Labute approximate surface area is 136 Å². The van der Waals surface area contributed by atoms with Gasteiger partial charge in [0.05, 0.1) is 13.2 Å². The largest absolute Gasteiger partial charge is 0.454 e. The zero-order chi connectivity index (χ0) is 16.9. The van der Waals surface area contributed by atoms with Gasteiger partial charge in [-0.2, -0.15) is 0 Å². The highest BCUT2D eigenvalue weighted by Crippen LogP contribution is 2.26. The monoisotopic (exact) mass is 316 g/mol. The Kier molecular flexibility index (Phi) is 5.50. The second-order valence-corrected chi connectivity index (χ2v) is 6.11. The molecule has 0 bridgehead atoms. The number of hydrogen-bond donors (Lipinski definition) is 0. The number of carbonyl (C=O) groups excluding carboxylic acids is 1. The summed E-state index contributed by atoms with van der Waals surface area (Å²) >= 11 is 0. The van der Waals surface area contributed by atoms with Crippen molar-refractivity contribution in [2.45, 2.75) is 27.4 Å². The highest BCUT2D eigenvalue weighted by molar-refractivity contribution is 5.81. The first-order valence-corrected chi connectivity index (χ1v) is 7.48. The summed E-state index contributed by atoms with van der Waals surface area (Å²) in [4.78, 5) is 11.5. The molecule has 2 aromatic carbocycles. The van der Waals surface area contributed by atoms with Gasteiger partial charge in [-0.3, -0.25) is 4.79 Å². The molecule has 0 saturated carbocycles. The van der Waals surface area contributed by atoms with E-state index in [4.69, 9.17) is 9.47 Å². The van der Waals surface area contributed by atoms with Gasteiger partial charge in [0.15, 0.2) is 11.6 Å². The number of para-hydroxylation sites is 1. The van der Waals surface area contributed by atoms with Crippen LogP contribution in [0.3, 0.4) is 0 Å². The third-order valence-corrected chi connectivity index (χ3v) is 3.65. The van der Waals surface area contributed by atoms with Crippen molar-refractivity contribution in [1.82, 2.24) is 0 Å². The summed E-state index contributed by atoms with van der Waals surface area (Å²) in [6.07, 6.45) is 0. The van der Waals surface area contributed by atoms with Crippen LogP contribution in [-0.2, 0) is 16.1 Å². The predicted molar refractivity (Wildman–Crippen MR) is 87.0 cm³/mol. The lowest BCUT2D eigenvalue weighted by Gasteiger charge is -2.20. The molecule has 0 unspecified atom stereocenters. The lowest BCUT2D eigenvalue weighted by Crippen LogP contribution is -2.27. The Hall–Kier alpha value is -2.20. The zero-order valence-corrected chi connectivity index (χ0v) is 13.6. The molecule has 0 spiro atoms. The number of rotatable bonds is 7. The maximum absolute atomic E-state index is 13.9. The Balaban J connectivity index is 2.01. The number of benzene rings is 2. The molecule has 3 nitrogen and oxygen atoms in total. The molecule has 0 fully saturated rings. The summed E-state index contributed by atoms with van der Waals surface area (Å²) < 4.78 is 25.0. The van der Waals surface area contributed by atoms with Crippen molar-refractivity contribution < 1.29 is 18.7 Å². The molecule has 0 radical (unpaired) electrons. The molecule has 0 aliphatic heterocycles. The maximum Gasteiger partial charge on any atom is 0.165 e. The van der Waals surface area contributed by atoms with Gasteiger partial charge in [-0.15, -0.1) is 0 Å². The summed E-state index contributed by atoms with van der Waals surface area (Å²) in [6.45, 7) is 5.83. The topological polar surface area (TPSA) is 35.5 Å². The maximum atomic E-state index is 13.9. The van der Waals surface area contributed by atoms with Gasteiger partial charge in [-0.1, -0.05) is 38.1 Å². The van der Waals surface area contributed by atoms with Crippen LogP contribution in [0.15, 0.2) is 48.5 Å². The third kappa shape index (κ3) is 4.89. The van der Waals surface area contributed by atoms with Gasteiger partial charge in [0.2, 0.25) is 0 Å². The summed E-state index contributed by atoms with van der Waals surface area (Å²) in [5, 5.41) is 0. The van der Waals surface area contributed by atoms with Crippen molar-refractivity contribution in [3.63, 3.8) is 0 Å². The van der Waals surface area contributed by atoms with Crippen molar-refractivity contribution in [1.29, 1.82) is 0 Å². The number of hydrogen-bond acceptors (Lipinski definition) is 3. The van der Waals surface area contributed by atoms with E-state index in [1.807, 2.05) is 32.0 Å². The van der Waals surface area contributed by atoms with Crippen LogP contribution in [0.25, 0.3) is 0 Å². The minimum Gasteiger partial charge on any atom is -0.454 e. The average Bonchev–Trinajstić information content (AvgIpc) is 2.51. The van der Waals surface area contributed by atoms with Gasteiger partial charge in [-0.05, 0) is 36.8 Å². The van der Waals surface area contributed by atoms with Crippen LogP contribution in [0.1, 0.15) is 26.3 Å². The van der Waals surface area contributed by atoms with E-state index < -0.39 is 11.2 Å². The number of ether oxygens (including phenoxy) is 2. The van der Waals surface area contributed by atoms with Crippen molar-refractivity contribution in [2.24, 2.45) is 5.41 Å². The van der Waals surface area contributed by atoms with Crippen LogP contribution < -0.4 is 4.74 Å². The Bertz CT molecular complexity index is 666. The second-order valence-electron chi connectivity index (χ2n) is 6.11. The van der Waals surface area contributed by atoms with Crippen molar-refractivity contribution >= 4 is 5.78 Å². The normalized spacial score (nSPS) is 11.3. The molecule has 0 N–H and O–H groups in total.